The van der Waals surface area contributed by atoms with Crippen molar-refractivity contribution in [2.24, 2.45) is 0 Å². The second-order valence-corrected chi connectivity index (χ2v) is 6.99. The zero-order valence-corrected chi connectivity index (χ0v) is 14.8. The molecular weight excluding hydrogens is 350 g/mol. The van der Waals surface area contributed by atoms with E-state index >= 15 is 0 Å². The van der Waals surface area contributed by atoms with E-state index in [1.807, 2.05) is 24.3 Å². The maximum Gasteiger partial charge on any atom is 0.339 e. The quantitative estimate of drug-likeness (QED) is 0.715. The van der Waals surface area contributed by atoms with Gasteiger partial charge in [0.2, 0.25) is 0 Å². The minimum atomic E-state index is -0.476. The topological polar surface area (TPSA) is 81.2 Å². The first-order valence-corrected chi connectivity index (χ1v) is 9.37. The molecule has 0 aliphatic heterocycles. The average molecular weight is 367 g/mol. The Morgan fingerprint density at radius 2 is 2.04 bits per heavy atom. The Labute approximate surface area is 154 Å². The van der Waals surface area contributed by atoms with Crippen LogP contribution < -0.4 is 5.32 Å². The van der Waals surface area contributed by atoms with Crippen LogP contribution in [0.4, 0.5) is 5.13 Å². The third-order valence-electron chi connectivity index (χ3n) is 4.39. The smallest absolute Gasteiger partial charge is 0.339 e. The van der Waals surface area contributed by atoms with E-state index in [2.05, 4.69) is 10.3 Å². The number of hydrogen-bond donors (Lipinski definition) is 1. The molecule has 2 heterocycles. The van der Waals surface area contributed by atoms with E-state index in [4.69, 9.17) is 9.72 Å². The molecule has 0 saturated carbocycles. The van der Waals surface area contributed by atoms with Crippen LogP contribution in [0.1, 0.15) is 34.5 Å². The van der Waals surface area contributed by atoms with E-state index in [0.717, 1.165) is 47.8 Å². The van der Waals surface area contributed by atoms with Crippen LogP contribution >= 0.6 is 11.3 Å². The standard InChI is InChI=1S/C19H17N3O3S/c23-16(22-19-20-9-10-26-19)11-25-18(24)17-12-5-1-3-7-14(12)21-15-8-4-2-6-13(15)17/h1,3,5,7,9-10H,2,4,6,8,11H2,(H,20,22,23). The van der Waals surface area contributed by atoms with Crippen LogP contribution in [0.25, 0.3) is 10.9 Å². The minimum Gasteiger partial charge on any atom is -0.452 e. The number of fused-ring (bicyclic) bond motifs is 2. The van der Waals surface area contributed by atoms with Crippen LogP contribution in [0.5, 0.6) is 0 Å². The van der Waals surface area contributed by atoms with Gasteiger partial charge in [0, 0.05) is 22.7 Å². The fraction of sp³-hybridized carbons (Fsp3) is 0.263. The Bertz CT molecular complexity index is 970. The van der Waals surface area contributed by atoms with Crippen LogP contribution in [0, 0.1) is 0 Å². The van der Waals surface area contributed by atoms with Crippen molar-refractivity contribution in [3.8, 4) is 0 Å². The molecule has 0 spiro atoms. The van der Waals surface area contributed by atoms with Crippen molar-refractivity contribution in [1.29, 1.82) is 0 Å². The maximum atomic E-state index is 12.8. The largest absolute Gasteiger partial charge is 0.452 e. The highest BCUT2D eigenvalue weighted by molar-refractivity contribution is 7.13. The van der Waals surface area contributed by atoms with Crippen molar-refractivity contribution in [2.45, 2.75) is 25.7 Å². The first-order valence-electron chi connectivity index (χ1n) is 8.49. The van der Waals surface area contributed by atoms with Crippen LogP contribution in [0.2, 0.25) is 0 Å². The van der Waals surface area contributed by atoms with E-state index in [0.29, 0.717) is 10.7 Å². The number of pyridine rings is 1. The summed E-state index contributed by atoms with van der Waals surface area (Å²) in [6, 6.07) is 7.56. The van der Waals surface area contributed by atoms with E-state index in [9.17, 15) is 9.59 Å². The number of thiazole rings is 1. The summed E-state index contributed by atoms with van der Waals surface area (Å²) in [6.45, 7) is -0.343. The van der Waals surface area contributed by atoms with Gasteiger partial charge in [0.1, 0.15) is 0 Å². The summed E-state index contributed by atoms with van der Waals surface area (Å²) in [5.74, 6) is -0.878. The number of aromatic nitrogens is 2. The maximum absolute atomic E-state index is 12.8. The van der Waals surface area contributed by atoms with Crippen molar-refractivity contribution in [2.75, 3.05) is 11.9 Å². The number of amides is 1. The molecule has 3 aromatic rings. The van der Waals surface area contributed by atoms with E-state index < -0.39 is 11.9 Å². The second-order valence-electron chi connectivity index (χ2n) is 6.10. The molecule has 1 aromatic carbocycles. The van der Waals surface area contributed by atoms with Crippen molar-refractivity contribution in [3.63, 3.8) is 0 Å². The summed E-state index contributed by atoms with van der Waals surface area (Å²) in [5, 5.41) is 5.63. The van der Waals surface area contributed by atoms with Gasteiger partial charge in [-0.25, -0.2) is 9.78 Å². The Morgan fingerprint density at radius 3 is 2.88 bits per heavy atom. The molecule has 0 fully saturated rings. The number of esters is 1. The van der Waals surface area contributed by atoms with Crippen molar-refractivity contribution in [1.82, 2.24) is 9.97 Å². The summed E-state index contributed by atoms with van der Waals surface area (Å²) in [7, 11) is 0. The number of nitrogens with one attached hydrogen (secondary N) is 1. The Kier molecular flexibility index (Phi) is 4.62. The molecule has 0 saturated heterocycles. The molecule has 0 atom stereocenters. The Hall–Kier alpha value is -2.80. The summed E-state index contributed by atoms with van der Waals surface area (Å²) < 4.78 is 5.31. The van der Waals surface area contributed by atoms with Crippen LogP contribution in [-0.2, 0) is 22.4 Å². The number of anilines is 1. The van der Waals surface area contributed by atoms with E-state index in [1.165, 1.54) is 11.3 Å². The van der Waals surface area contributed by atoms with Crippen LogP contribution in [-0.4, -0.2) is 28.5 Å². The minimum absolute atomic E-state index is 0.343. The molecule has 1 aliphatic rings. The Morgan fingerprint density at radius 1 is 1.19 bits per heavy atom. The second kappa shape index (κ2) is 7.21. The summed E-state index contributed by atoms with van der Waals surface area (Å²) in [4.78, 5) is 33.4. The monoisotopic (exact) mass is 367 g/mol. The molecule has 2 aromatic heterocycles. The third-order valence-corrected chi connectivity index (χ3v) is 5.07. The number of carbonyl (C=O) groups is 2. The lowest BCUT2D eigenvalue weighted by molar-refractivity contribution is -0.119. The Balaban J connectivity index is 1.59. The van der Waals surface area contributed by atoms with Gasteiger partial charge >= 0.3 is 5.97 Å². The van der Waals surface area contributed by atoms with Gasteiger partial charge in [-0.3, -0.25) is 15.1 Å². The lowest BCUT2D eigenvalue weighted by atomic mass is 9.90. The first-order chi connectivity index (χ1) is 12.7. The number of ether oxygens (including phenoxy) is 1. The SMILES string of the molecule is O=C(COC(=O)c1c2c(nc3ccccc13)CCCC2)Nc1nccs1. The molecular formula is C19H17N3O3S. The molecule has 4 rings (SSSR count). The van der Waals surface area contributed by atoms with Crippen molar-refractivity contribution >= 4 is 39.2 Å². The molecule has 1 aliphatic carbocycles. The number of aryl methyl sites for hydroxylation is 1. The zero-order chi connectivity index (χ0) is 17.9. The van der Waals surface area contributed by atoms with Gasteiger partial charge in [0.15, 0.2) is 11.7 Å². The van der Waals surface area contributed by atoms with Crippen molar-refractivity contribution < 1.29 is 14.3 Å². The average Bonchev–Trinajstić information content (AvgIpc) is 3.17. The molecule has 6 nitrogen and oxygen atoms in total. The number of nitrogens with zero attached hydrogens (tertiary/aromatic N) is 2. The normalized spacial score (nSPS) is 13.2. The molecule has 1 N–H and O–H groups in total. The van der Waals surface area contributed by atoms with Crippen LogP contribution in [0.15, 0.2) is 35.8 Å². The number of benzene rings is 1. The molecule has 132 valence electrons. The first kappa shape index (κ1) is 16.7. The van der Waals surface area contributed by atoms with Gasteiger partial charge in [-0.15, -0.1) is 11.3 Å². The van der Waals surface area contributed by atoms with Gasteiger partial charge in [0.05, 0.1) is 11.1 Å². The summed E-state index contributed by atoms with van der Waals surface area (Å²) in [6.07, 6.45) is 5.37. The predicted octanol–water partition coefficient (Wildman–Crippen LogP) is 3.37. The zero-order valence-electron chi connectivity index (χ0n) is 14.0. The highest BCUT2D eigenvalue weighted by Crippen LogP contribution is 2.29. The van der Waals surface area contributed by atoms with Crippen molar-refractivity contribution in [3.05, 3.63) is 52.7 Å². The van der Waals surface area contributed by atoms with Gasteiger partial charge in [0.25, 0.3) is 5.91 Å². The molecule has 1 amide bonds. The van der Waals surface area contributed by atoms with E-state index in [-0.39, 0.29) is 6.61 Å². The molecule has 7 heteroatoms. The van der Waals surface area contributed by atoms with Gasteiger partial charge < -0.3 is 4.74 Å². The van der Waals surface area contributed by atoms with Crippen LogP contribution in [0.3, 0.4) is 0 Å². The summed E-state index contributed by atoms with van der Waals surface area (Å²) >= 11 is 1.31. The molecule has 0 radical (unpaired) electrons. The van der Waals surface area contributed by atoms with Gasteiger partial charge in [-0.2, -0.15) is 0 Å². The number of hydrogen-bond acceptors (Lipinski definition) is 6. The predicted molar refractivity (Wildman–Crippen MR) is 99.4 cm³/mol. The third kappa shape index (κ3) is 3.30. The van der Waals surface area contributed by atoms with Gasteiger partial charge in [-0.05, 0) is 37.3 Å². The molecule has 0 bridgehead atoms. The van der Waals surface area contributed by atoms with E-state index in [1.54, 1.807) is 11.6 Å². The summed E-state index contributed by atoms with van der Waals surface area (Å²) in [5.41, 5.74) is 3.26. The highest BCUT2D eigenvalue weighted by atomic mass is 32.1. The fourth-order valence-electron chi connectivity index (χ4n) is 3.25. The van der Waals surface area contributed by atoms with Gasteiger partial charge in [-0.1, -0.05) is 18.2 Å². The molecule has 0 unspecified atom stereocenters. The number of carbonyl (C=O) groups excluding carboxylic acids is 2. The molecule has 26 heavy (non-hydrogen) atoms. The number of para-hydroxylation sites is 1. The lowest BCUT2D eigenvalue weighted by Gasteiger charge is -2.19. The lowest BCUT2D eigenvalue weighted by Crippen LogP contribution is -2.22. The number of rotatable bonds is 4. The fourth-order valence-corrected chi connectivity index (χ4v) is 3.79. The highest BCUT2D eigenvalue weighted by Gasteiger charge is 2.24.